The highest BCUT2D eigenvalue weighted by Crippen LogP contribution is 2.32. The lowest BCUT2D eigenvalue weighted by Crippen LogP contribution is -2.30. The lowest BCUT2D eigenvalue weighted by molar-refractivity contribution is -0.115. The van der Waals surface area contributed by atoms with Gasteiger partial charge in [0.1, 0.15) is 5.70 Å². The quantitative estimate of drug-likeness (QED) is 0.123. The highest BCUT2D eigenvalue weighted by Gasteiger charge is 2.19. The molecule has 0 fully saturated rings. The molecule has 4 aromatic rings. The number of primary amides is 1. The minimum Gasteiger partial charge on any atom is -0.493 e. The first-order valence-electron chi connectivity index (χ1n) is 13.8. The predicted octanol–water partition coefficient (Wildman–Crippen LogP) is 5.33. The van der Waals surface area contributed by atoms with Gasteiger partial charge in [0.15, 0.2) is 11.5 Å². The molecule has 5 N–H and O–H groups in total. The number of benzene rings is 4. The second kappa shape index (κ2) is 15.3. The molecule has 0 aliphatic rings. The minimum atomic E-state index is -0.573. The van der Waals surface area contributed by atoms with Crippen molar-refractivity contribution in [1.82, 2.24) is 5.32 Å². The number of hydrogen-bond donors (Lipinski definition) is 4. The summed E-state index contributed by atoms with van der Waals surface area (Å²) in [6.45, 7) is 1.75. The molecule has 0 spiro atoms. The van der Waals surface area contributed by atoms with E-state index in [1.54, 1.807) is 85.8 Å². The number of thioether (sulfide) groups is 1. The van der Waals surface area contributed by atoms with E-state index in [1.807, 2.05) is 6.07 Å². The van der Waals surface area contributed by atoms with E-state index in [-0.39, 0.29) is 11.6 Å². The Morgan fingerprint density at radius 3 is 2.16 bits per heavy atom. The van der Waals surface area contributed by atoms with Crippen molar-refractivity contribution in [2.75, 3.05) is 24.9 Å². The van der Waals surface area contributed by atoms with Crippen molar-refractivity contribution in [2.24, 2.45) is 5.73 Å². The van der Waals surface area contributed by atoms with Crippen LogP contribution in [-0.4, -0.2) is 43.1 Å². The average Bonchev–Trinajstić information content (AvgIpc) is 3.04. The predicted molar refractivity (Wildman–Crippen MR) is 175 cm³/mol. The molecule has 1 unspecified atom stereocenters. The number of anilines is 2. The number of carbonyl (C=O) groups is 4. The number of ether oxygens (including phenoxy) is 2. The van der Waals surface area contributed by atoms with Crippen LogP contribution >= 0.6 is 11.8 Å². The molecular weight excluding hydrogens is 592 g/mol. The largest absolute Gasteiger partial charge is 0.493 e. The van der Waals surface area contributed by atoms with Crippen molar-refractivity contribution in [3.8, 4) is 11.5 Å². The number of amides is 4. The average molecular weight is 625 g/mol. The van der Waals surface area contributed by atoms with Gasteiger partial charge in [-0.25, -0.2) is 0 Å². The SMILES string of the molecule is COc1cccc(/C=C(/NC(=O)c2ccccc2)C(=O)Nc2cccc(SC(C)C(=O)Nc3ccc(C(N)=O)cc3)c2)c1OC. The van der Waals surface area contributed by atoms with Gasteiger partial charge in [0.25, 0.3) is 11.8 Å². The third-order valence-corrected chi connectivity index (χ3v) is 7.57. The Bertz CT molecular complexity index is 1720. The zero-order valence-electron chi connectivity index (χ0n) is 24.8. The van der Waals surface area contributed by atoms with Crippen molar-refractivity contribution in [2.45, 2.75) is 17.1 Å². The Morgan fingerprint density at radius 1 is 0.778 bits per heavy atom. The van der Waals surface area contributed by atoms with Crippen LogP contribution < -0.4 is 31.2 Å². The van der Waals surface area contributed by atoms with Crippen LogP contribution in [0.3, 0.4) is 0 Å². The second-order valence-electron chi connectivity index (χ2n) is 9.63. The molecule has 0 aliphatic carbocycles. The summed E-state index contributed by atoms with van der Waals surface area (Å²) in [5, 5.41) is 7.87. The van der Waals surface area contributed by atoms with Gasteiger partial charge in [-0.15, -0.1) is 11.8 Å². The smallest absolute Gasteiger partial charge is 0.272 e. The molecule has 0 heterocycles. The lowest BCUT2D eigenvalue weighted by atomic mass is 10.1. The van der Waals surface area contributed by atoms with Crippen molar-refractivity contribution in [1.29, 1.82) is 0 Å². The summed E-state index contributed by atoms with van der Waals surface area (Å²) >= 11 is 1.30. The van der Waals surface area contributed by atoms with Gasteiger partial charge in [-0.3, -0.25) is 19.2 Å². The maximum atomic E-state index is 13.6. The molecule has 0 saturated carbocycles. The molecule has 4 aromatic carbocycles. The molecule has 10 nitrogen and oxygen atoms in total. The van der Waals surface area contributed by atoms with E-state index in [2.05, 4.69) is 16.0 Å². The molecule has 0 radical (unpaired) electrons. The fourth-order valence-electron chi connectivity index (χ4n) is 4.19. The third kappa shape index (κ3) is 8.74. The fraction of sp³-hybridized carbons (Fsp3) is 0.118. The maximum Gasteiger partial charge on any atom is 0.272 e. The van der Waals surface area contributed by atoms with Crippen molar-refractivity contribution < 1.29 is 28.7 Å². The molecule has 4 rings (SSSR count). The van der Waals surface area contributed by atoms with Crippen LogP contribution in [0.15, 0.2) is 108 Å². The summed E-state index contributed by atoms with van der Waals surface area (Å²) < 4.78 is 10.9. The molecule has 0 saturated heterocycles. The first kappa shape index (κ1) is 32.4. The Balaban J connectivity index is 1.52. The van der Waals surface area contributed by atoms with E-state index in [1.165, 1.54) is 44.2 Å². The van der Waals surface area contributed by atoms with Crippen LogP contribution in [0, 0.1) is 0 Å². The van der Waals surface area contributed by atoms with Gasteiger partial charge >= 0.3 is 0 Å². The van der Waals surface area contributed by atoms with E-state index < -0.39 is 23.0 Å². The van der Waals surface area contributed by atoms with Crippen LogP contribution in [0.1, 0.15) is 33.2 Å². The van der Waals surface area contributed by atoms with Gasteiger partial charge in [0.2, 0.25) is 11.8 Å². The van der Waals surface area contributed by atoms with E-state index in [9.17, 15) is 19.2 Å². The topological polar surface area (TPSA) is 149 Å². The lowest BCUT2D eigenvalue weighted by Gasteiger charge is -2.15. The summed E-state index contributed by atoms with van der Waals surface area (Å²) in [6, 6.07) is 27.0. The number of nitrogens with two attached hydrogens (primary N) is 1. The van der Waals surface area contributed by atoms with E-state index >= 15 is 0 Å². The van der Waals surface area contributed by atoms with Gasteiger partial charge < -0.3 is 31.2 Å². The van der Waals surface area contributed by atoms with Crippen molar-refractivity contribution in [3.05, 3.63) is 119 Å². The van der Waals surface area contributed by atoms with Crippen LogP contribution in [-0.2, 0) is 9.59 Å². The molecule has 0 bridgehead atoms. The molecule has 0 aromatic heterocycles. The zero-order valence-corrected chi connectivity index (χ0v) is 25.6. The van der Waals surface area contributed by atoms with E-state index in [4.69, 9.17) is 15.2 Å². The molecular formula is C34H32N4O6S. The Hall–Kier alpha value is -5.55. The molecule has 11 heteroatoms. The van der Waals surface area contributed by atoms with Crippen LogP contribution in [0.2, 0.25) is 0 Å². The van der Waals surface area contributed by atoms with Gasteiger partial charge in [0, 0.05) is 33.0 Å². The zero-order chi connectivity index (χ0) is 32.3. The summed E-state index contributed by atoms with van der Waals surface area (Å²) in [5.74, 6) is -0.976. The number of hydrogen-bond acceptors (Lipinski definition) is 7. The summed E-state index contributed by atoms with van der Waals surface area (Å²) in [5.41, 5.74) is 7.47. The molecule has 1 atom stereocenters. The number of carbonyl (C=O) groups excluding carboxylic acids is 4. The Labute approximate surface area is 265 Å². The Kier molecular flexibility index (Phi) is 11.0. The van der Waals surface area contributed by atoms with Gasteiger partial charge in [-0.1, -0.05) is 36.4 Å². The normalized spacial score (nSPS) is 11.6. The molecule has 45 heavy (non-hydrogen) atoms. The number of methoxy groups -OCH3 is 2. The highest BCUT2D eigenvalue weighted by molar-refractivity contribution is 8.00. The first-order valence-corrected chi connectivity index (χ1v) is 14.6. The van der Waals surface area contributed by atoms with E-state index in [0.717, 1.165) is 4.90 Å². The number of rotatable bonds is 12. The summed E-state index contributed by atoms with van der Waals surface area (Å²) in [4.78, 5) is 51.5. The third-order valence-electron chi connectivity index (χ3n) is 6.47. The standard InChI is InChI=1S/C34H32N4O6S/c1-21(32(40)36-25-17-15-22(16-18-25)31(35)39)45-27-13-8-12-26(20-27)37-34(42)28(38-33(41)23-9-5-4-6-10-23)19-24-11-7-14-29(43-2)30(24)44-3/h4-21H,1-3H3,(H2,35,39)(H,36,40)(H,37,42)(H,38,41)/b28-19+. The minimum absolute atomic E-state index is 0.0245. The Morgan fingerprint density at radius 2 is 1.49 bits per heavy atom. The van der Waals surface area contributed by atoms with Crippen molar-refractivity contribution in [3.63, 3.8) is 0 Å². The first-order chi connectivity index (χ1) is 21.7. The van der Waals surface area contributed by atoms with Gasteiger partial charge in [-0.2, -0.15) is 0 Å². The molecule has 4 amide bonds. The van der Waals surface area contributed by atoms with Crippen molar-refractivity contribution >= 4 is 52.8 Å². The summed E-state index contributed by atoms with van der Waals surface area (Å²) in [6.07, 6.45) is 1.51. The maximum absolute atomic E-state index is 13.6. The number of nitrogens with one attached hydrogen (secondary N) is 3. The van der Waals surface area contributed by atoms with Gasteiger partial charge in [-0.05, 0) is 73.7 Å². The molecule has 230 valence electrons. The fourth-order valence-corrected chi connectivity index (χ4v) is 5.11. The van der Waals surface area contributed by atoms with Gasteiger partial charge in [0.05, 0.1) is 19.5 Å². The summed E-state index contributed by atoms with van der Waals surface area (Å²) in [7, 11) is 3.00. The second-order valence-corrected chi connectivity index (χ2v) is 11.0. The van der Waals surface area contributed by atoms with E-state index in [0.29, 0.717) is 39.6 Å². The monoisotopic (exact) mass is 624 g/mol. The number of para-hydroxylation sites is 1. The van der Waals surface area contributed by atoms with Crippen LogP contribution in [0.25, 0.3) is 6.08 Å². The molecule has 0 aliphatic heterocycles. The highest BCUT2D eigenvalue weighted by atomic mass is 32.2. The van der Waals surface area contributed by atoms with Crippen LogP contribution in [0.5, 0.6) is 11.5 Å². The van der Waals surface area contributed by atoms with Crippen LogP contribution in [0.4, 0.5) is 11.4 Å².